The summed E-state index contributed by atoms with van der Waals surface area (Å²) in [5.41, 5.74) is 7.45. The van der Waals surface area contributed by atoms with E-state index in [4.69, 9.17) is 23.2 Å². The van der Waals surface area contributed by atoms with Gasteiger partial charge in [-0.25, -0.2) is 5.43 Å². The Balaban J connectivity index is 1.60. The molecule has 0 fully saturated rings. The van der Waals surface area contributed by atoms with Gasteiger partial charge in [-0.15, -0.1) is 0 Å². The first kappa shape index (κ1) is 22.5. The average molecular weight is 478 g/mol. The zero-order valence-corrected chi connectivity index (χ0v) is 19.5. The molecular formula is C24H21Cl2N7. The highest BCUT2D eigenvalue weighted by molar-refractivity contribution is 6.38. The first-order valence-electron chi connectivity index (χ1n) is 10.1. The predicted octanol–water partition coefficient (Wildman–Crippen LogP) is 6.73. The molecule has 9 heteroatoms. The van der Waals surface area contributed by atoms with E-state index in [1.807, 2.05) is 62.4 Å². The highest BCUT2D eigenvalue weighted by Crippen LogP contribution is 2.23. The third-order valence-corrected chi connectivity index (χ3v) is 5.27. The second-order valence-electron chi connectivity index (χ2n) is 7.29. The van der Waals surface area contributed by atoms with Gasteiger partial charge >= 0.3 is 0 Å². The molecule has 0 saturated carbocycles. The SMILES string of the molecule is Cc1ccc(Nc2nc(N/N=C/c3c(Cl)cccc3Cl)nc(Nc3ccc(C)cc3)n2)cc1. The number of aromatic nitrogens is 3. The molecule has 3 N–H and O–H groups in total. The van der Waals surface area contributed by atoms with E-state index >= 15 is 0 Å². The van der Waals surface area contributed by atoms with E-state index in [1.165, 1.54) is 6.21 Å². The third kappa shape index (κ3) is 6.19. The number of nitrogens with one attached hydrogen (secondary N) is 3. The first-order valence-corrected chi connectivity index (χ1v) is 10.9. The van der Waals surface area contributed by atoms with Crippen LogP contribution in [0.4, 0.5) is 29.2 Å². The van der Waals surface area contributed by atoms with Crippen molar-refractivity contribution in [2.45, 2.75) is 13.8 Å². The van der Waals surface area contributed by atoms with Gasteiger partial charge in [0.15, 0.2) is 0 Å². The second-order valence-corrected chi connectivity index (χ2v) is 8.11. The zero-order valence-electron chi connectivity index (χ0n) is 18.0. The van der Waals surface area contributed by atoms with Gasteiger partial charge in [-0.1, -0.05) is 64.7 Å². The molecule has 0 bridgehead atoms. The average Bonchev–Trinajstić information content (AvgIpc) is 2.79. The van der Waals surface area contributed by atoms with Crippen molar-refractivity contribution < 1.29 is 0 Å². The standard InChI is InChI=1S/C24H21Cl2N7/c1-15-6-10-17(11-7-15)28-22-30-23(29-18-12-8-16(2)9-13-18)32-24(31-22)33-27-14-19-20(25)4-3-5-21(19)26/h3-14H,1-2H3,(H3,28,29,30,31,32,33)/b27-14+. The van der Waals surface area contributed by atoms with Crippen LogP contribution in [-0.4, -0.2) is 21.2 Å². The predicted molar refractivity (Wildman–Crippen MR) is 136 cm³/mol. The number of nitrogens with zero attached hydrogens (tertiary/aromatic N) is 4. The Bertz CT molecular complexity index is 1190. The fourth-order valence-corrected chi connectivity index (χ4v) is 3.35. The Morgan fingerprint density at radius 3 is 1.61 bits per heavy atom. The molecule has 4 aromatic rings. The lowest BCUT2D eigenvalue weighted by molar-refractivity contribution is 1.04. The van der Waals surface area contributed by atoms with Crippen molar-refractivity contribution in [1.29, 1.82) is 0 Å². The van der Waals surface area contributed by atoms with E-state index in [0.717, 1.165) is 22.5 Å². The highest BCUT2D eigenvalue weighted by Gasteiger charge is 2.08. The van der Waals surface area contributed by atoms with E-state index in [1.54, 1.807) is 18.2 Å². The minimum atomic E-state index is 0.244. The number of halogens is 2. The topological polar surface area (TPSA) is 87.1 Å². The van der Waals surface area contributed by atoms with Gasteiger partial charge in [0, 0.05) is 16.9 Å². The molecule has 1 heterocycles. The van der Waals surface area contributed by atoms with Crippen molar-refractivity contribution in [1.82, 2.24) is 15.0 Å². The summed E-state index contributed by atoms with van der Waals surface area (Å²) in [7, 11) is 0. The van der Waals surface area contributed by atoms with E-state index in [2.05, 4.69) is 36.1 Å². The van der Waals surface area contributed by atoms with Crippen LogP contribution in [0.1, 0.15) is 16.7 Å². The van der Waals surface area contributed by atoms with Crippen LogP contribution in [0.25, 0.3) is 0 Å². The molecule has 0 unspecified atom stereocenters. The van der Waals surface area contributed by atoms with Gasteiger partial charge in [-0.2, -0.15) is 20.1 Å². The maximum atomic E-state index is 6.20. The molecule has 0 atom stereocenters. The fourth-order valence-electron chi connectivity index (χ4n) is 2.86. The Labute approximate surface area is 201 Å². The number of hydrogen-bond acceptors (Lipinski definition) is 7. The van der Waals surface area contributed by atoms with Crippen molar-refractivity contribution >= 4 is 58.6 Å². The van der Waals surface area contributed by atoms with Crippen LogP contribution < -0.4 is 16.1 Å². The van der Waals surface area contributed by atoms with Crippen LogP contribution in [0.2, 0.25) is 10.0 Å². The minimum absolute atomic E-state index is 0.244. The summed E-state index contributed by atoms with van der Waals surface area (Å²) in [6, 6.07) is 21.1. The number of anilines is 5. The quantitative estimate of drug-likeness (QED) is 0.202. The molecule has 0 saturated heterocycles. The van der Waals surface area contributed by atoms with Gasteiger partial charge in [0.2, 0.25) is 17.8 Å². The molecule has 0 spiro atoms. The molecule has 0 amide bonds. The van der Waals surface area contributed by atoms with Crippen LogP contribution in [0.15, 0.2) is 71.8 Å². The normalized spacial score (nSPS) is 10.9. The molecule has 1 aromatic heterocycles. The zero-order chi connectivity index (χ0) is 23.2. The van der Waals surface area contributed by atoms with E-state index < -0.39 is 0 Å². The van der Waals surface area contributed by atoms with E-state index in [0.29, 0.717) is 27.5 Å². The van der Waals surface area contributed by atoms with Gasteiger partial charge in [0.05, 0.1) is 16.3 Å². The van der Waals surface area contributed by atoms with Crippen molar-refractivity contribution in [3.05, 3.63) is 93.5 Å². The third-order valence-electron chi connectivity index (χ3n) is 4.61. The molecule has 4 rings (SSSR count). The molecule has 3 aromatic carbocycles. The molecule has 166 valence electrons. The van der Waals surface area contributed by atoms with Crippen LogP contribution in [0, 0.1) is 13.8 Å². The molecule has 33 heavy (non-hydrogen) atoms. The summed E-state index contributed by atoms with van der Waals surface area (Å²) in [5.74, 6) is 0.961. The van der Waals surface area contributed by atoms with Crippen LogP contribution in [0.3, 0.4) is 0 Å². The number of benzene rings is 3. The van der Waals surface area contributed by atoms with Crippen molar-refractivity contribution in [2.75, 3.05) is 16.1 Å². The summed E-state index contributed by atoms with van der Waals surface area (Å²) >= 11 is 12.4. The smallest absolute Gasteiger partial charge is 0.250 e. The number of hydrazone groups is 1. The monoisotopic (exact) mass is 477 g/mol. The van der Waals surface area contributed by atoms with E-state index in [9.17, 15) is 0 Å². The lowest BCUT2D eigenvalue weighted by atomic mass is 10.2. The van der Waals surface area contributed by atoms with Gasteiger partial charge in [0.25, 0.3) is 0 Å². The number of hydrogen-bond donors (Lipinski definition) is 3. The summed E-state index contributed by atoms with van der Waals surface area (Å²) < 4.78 is 0. The molecule has 0 aliphatic carbocycles. The van der Waals surface area contributed by atoms with Crippen LogP contribution in [-0.2, 0) is 0 Å². The van der Waals surface area contributed by atoms with Gasteiger partial charge in [-0.3, -0.25) is 0 Å². The maximum Gasteiger partial charge on any atom is 0.250 e. The Kier molecular flexibility index (Phi) is 7.02. The van der Waals surface area contributed by atoms with Crippen molar-refractivity contribution in [2.24, 2.45) is 5.10 Å². The van der Waals surface area contributed by atoms with Gasteiger partial charge in [0.1, 0.15) is 0 Å². The maximum absolute atomic E-state index is 6.20. The van der Waals surface area contributed by atoms with Gasteiger partial charge < -0.3 is 10.6 Å². The summed E-state index contributed by atoms with van der Waals surface area (Å²) in [6.07, 6.45) is 1.52. The first-order chi connectivity index (χ1) is 16.0. The second kappa shape index (κ2) is 10.3. The Morgan fingerprint density at radius 2 is 1.12 bits per heavy atom. The summed E-state index contributed by atoms with van der Waals surface area (Å²) in [6.45, 7) is 4.06. The molecule has 0 radical (unpaired) electrons. The fraction of sp³-hybridized carbons (Fsp3) is 0.0833. The van der Waals surface area contributed by atoms with Crippen molar-refractivity contribution in [3.63, 3.8) is 0 Å². The molecule has 7 nitrogen and oxygen atoms in total. The lowest BCUT2D eigenvalue weighted by Crippen LogP contribution is -2.07. The number of rotatable bonds is 7. The summed E-state index contributed by atoms with van der Waals surface area (Å²) in [4.78, 5) is 13.3. The summed E-state index contributed by atoms with van der Waals surface area (Å²) in [5, 5.41) is 11.6. The van der Waals surface area contributed by atoms with Crippen LogP contribution in [0.5, 0.6) is 0 Å². The number of aryl methyl sites for hydroxylation is 2. The molecular weight excluding hydrogens is 457 g/mol. The molecule has 0 aliphatic heterocycles. The molecule has 0 aliphatic rings. The lowest BCUT2D eigenvalue weighted by Gasteiger charge is -2.10. The Morgan fingerprint density at radius 1 is 0.667 bits per heavy atom. The largest absolute Gasteiger partial charge is 0.324 e. The minimum Gasteiger partial charge on any atom is -0.324 e. The Hall–Kier alpha value is -3.68. The highest BCUT2D eigenvalue weighted by atomic mass is 35.5. The van der Waals surface area contributed by atoms with E-state index in [-0.39, 0.29) is 5.95 Å². The van der Waals surface area contributed by atoms with Gasteiger partial charge in [-0.05, 0) is 50.2 Å². The van der Waals surface area contributed by atoms with Crippen molar-refractivity contribution in [3.8, 4) is 0 Å². The van der Waals surface area contributed by atoms with Crippen LogP contribution >= 0.6 is 23.2 Å².